The molecule has 1 atom stereocenters. The van der Waals surface area contributed by atoms with Crippen molar-refractivity contribution in [2.75, 3.05) is 0 Å². The third-order valence-corrected chi connectivity index (χ3v) is 6.24. The monoisotopic (exact) mass is 442 g/mol. The lowest BCUT2D eigenvalue weighted by Crippen LogP contribution is -2.07. The van der Waals surface area contributed by atoms with Crippen molar-refractivity contribution in [3.63, 3.8) is 0 Å². The van der Waals surface area contributed by atoms with Crippen molar-refractivity contribution >= 4 is 22.8 Å². The van der Waals surface area contributed by atoms with Gasteiger partial charge in [-0.05, 0) is 41.5 Å². The Morgan fingerprint density at radius 3 is 2.57 bits per heavy atom. The van der Waals surface area contributed by atoms with E-state index in [1.807, 2.05) is 6.07 Å². The number of benzene rings is 3. The summed E-state index contributed by atoms with van der Waals surface area (Å²) in [7, 11) is 0. The number of halogens is 2. The summed E-state index contributed by atoms with van der Waals surface area (Å²) in [5.74, 6) is -0.925. The summed E-state index contributed by atoms with van der Waals surface area (Å²) in [4.78, 5) is 0.124. The van der Waals surface area contributed by atoms with Gasteiger partial charge < -0.3 is 14.8 Å². The van der Waals surface area contributed by atoms with Crippen LogP contribution in [0.4, 0.5) is 4.39 Å². The van der Waals surface area contributed by atoms with E-state index in [1.165, 1.54) is 24.3 Å². The van der Waals surface area contributed by atoms with Crippen LogP contribution < -0.4 is 0 Å². The van der Waals surface area contributed by atoms with Crippen LogP contribution in [-0.4, -0.2) is 24.5 Å². The molecule has 0 radical (unpaired) electrons. The molecule has 1 aromatic heterocycles. The minimum Gasteiger partial charge on any atom is -0.611 e. The fourth-order valence-electron chi connectivity index (χ4n) is 3.12. The first-order valence-electron chi connectivity index (χ1n) is 8.92. The predicted octanol–water partition coefficient (Wildman–Crippen LogP) is 5.05. The maximum absolute atomic E-state index is 13.4. The molecule has 0 aliphatic heterocycles. The number of hydrogen-bond acceptors (Lipinski definition) is 4. The summed E-state index contributed by atoms with van der Waals surface area (Å²) in [6.45, 7) is 0. The fraction of sp³-hybridized carbons (Fsp3) is 0.0455. The van der Waals surface area contributed by atoms with Crippen molar-refractivity contribution < 1.29 is 19.2 Å². The van der Waals surface area contributed by atoms with Gasteiger partial charge in [0.05, 0.1) is 22.6 Å². The highest BCUT2D eigenvalue weighted by atomic mass is 35.5. The van der Waals surface area contributed by atoms with Gasteiger partial charge in [-0.2, -0.15) is 5.10 Å². The van der Waals surface area contributed by atoms with Gasteiger partial charge in [0.15, 0.2) is 10.6 Å². The third-order valence-electron chi connectivity index (χ3n) is 4.51. The zero-order valence-electron chi connectivity index (χ0n) is 15.5. The van der Waals surface area contributed by atoms with E-state index in [4.69, 9.17) is 11.6 Å². The van der Waals surface area contributed by atoms with Crippen molar-refractivity contribution in [3.05, 3.63) is 89.3 Å². The van der Waals surface area contributed by atoms with Crippen LogP contribution in [0.25, 0.3) is 16.9 Å². The maximum atomic E-state index is 13.4. The molecule has 0 aliphatic rings. The van der Waals surface area contributed by atoms with Crippen LogP contribution in [0.5, 0.6) is 11.5 Å². The van der Waals surface area contributed by atoms with E-state index < -0.39 is 17.0 Å². The van der Waals surface area contributed by atoms with Gasteiger partial charge >= 0.3 is 0 Å². The van der Waals surface area contributed by atoms with Crippen LogP contribution in [0.3, 0.4) is 0 Å². The zero-order chi connectivity index (χ0) is 21.3. The maximum Gasteiger partial charge on any atom is 0.195 e. The minimum atomic E-state index is -1.67. The van der Waals surface area contributed by atoms with Crippen molar-refractivity contribution in [2.24, 2.45) is 0 Å². The van der Waals surface area contributed by atoms with Gasteiger partial charge in [-0.25, -0.2) is 9.07 Å². The minimum absolute atomic E-state index is 0.0132. The van der Waals surface area contributed by atoms with E-state index in [0.717, 1.165) is 6.07 Å². The Labute approximate surface area is 180 Å². The Balaban J connectivity index is 1.75. The van der Waals surface area contributed by atoms with E-state index in [0.29, 0.717) is 27.5 Å². The van der Waals surface area contributed by atoms with Crippen molar-refractivity contribution in [2.45, 2.75) is 10.6 Å². The highest BCUT2D eigenvalue weighted by molar-refractivity contribution is 7.90. The molecule has 0 amide bonds. The number of rotatable bonds is 5. The molecule has 0 spiro atoms. The SMILES string of the molecule is [O-][S+](Cc1cccc(F)c1)c1cc(-c2ccnn2-c2ccccc2Cl)c(O)cc1O. The summed E-state index contributed by atoms with van der Waals surface area (Å²) < 4.78 is 27.9. The van der Waals surface area contributed by atoms with E-state index in [9.17, 15) is 19.2 Å². The summed E-state index contributed by atoms with van der Waals surface area (Å²) in [6, 6.07) is 17.2. The molecule has 0 saturated carbocycles. The quantitative estimate of drug-likeness (QED) is 0.424. The molecule has 8 heteroatoms. The molecule has 5 nitrogen and oxygen atoms in total. The van der Waals surface area contributed by atoms with Crippen LogP contribution >= 0.6 is 11.6 Å². The zero-order valence-corrected chi connectivity index (χ0v) is 17.1. The lowest BCUT2D eigenvalue weighted by atomic mass is 10.1. The number of phenols is 2. The summed E-state index contributed by atoms with van der Waals surface area (Å²) in [5.41, 5.74) is 1.97. The Morgan fingerprint density at radius 1 is 1.00 bits per heavy atom. The molecule has 1 unspecified atom stereocenters. The van der Waals surface area contributed by atoms with E-state index in [-0.39, 0.29) is 22.1 Å². The van der Waals surface area contributed by atoms with E-state index >= 15 is 0 Å². The smallest absolute Gasteiger partial charge is 0.195 e. The van der Waals surface area contributed by atoms with Gasteiger partial charge in [0.1, 0.15) is 17.3 Å². The highest BCUT2D eigenvalue weighted by Gasteiger charge is 2.23. The number of aromatic hydroxyl groups is 2. The molecule has 2 N–H and O–H groups in total. The number of nitrogens with zero attached hydrogens (tertiary/aromatic N) is 2. The Bertz CT molecular complexity index is 1210. The van der Waals surface area contributed by atoms with Crippen molar-refractivity contribution in [1.29, 1.82) is 0 Å². The van der Waals surface area contributed by atoms with Crippen LogP contribution in [0.1, 0.15) is 5.56 Å². The number of para-hydroxylation sites is 1. The molecule has 0 bridgehead atoms. The fourth-order valence-corrected chi connectivity index (χ4v) is 4.52. The van der Waals surface area contributed by atoms with Crippen LogP contribution in [-0.2, 0) is 16.9 Å². The van der Waals surface area contributed by atoms with Crippen molar-refractivity contribution in [1.82, 2.24) is 9.78 Å². The molecule has 0 saturated heterocycles. The lowest BCUT2D eigenvalue weighted by Gasteiger charge is -2.15. The molecule has 4 aromatic rings. The molecule has 0 aliphatic carbocycles. The predicted molar refractivity (Wildman–Crippen MR) is 114 cm³/mol. The number of hydrogen-bond donors (Lipinski definition) is 2. The normalized spacial score (nSPS) is 12.1. The summed E-state index contributed by atoms with van der Waals surface area (Å²) >= 11 is 4.61. The average Bonchev–Trinajstić information content (AvgIpc) is 3.17. The Kier molecular flexibility index (Phi) is 5.67. The van der Waals surface area contributed by atoms with Gasteiger partial charge in [0.2, 0.25) is 0 Å². The number of aromatic nitrogens is 2. The third kappa shape index (κ3) is 4.00. The van der Waals surface area contributed by atoms with Crippen LogP contribution in [0.15, 0.2) is 77.8 Å². The molecule has 152 valence electrons. The van der Waals surface area contributed by atoms with Gasteiger partial charge in [0, 0.05) is 23.3 Å². The van der Waals surface area contributed by atoms with Crippen LogP contribution in [0.2, 0.25) is 5.02 Å². The Hall–Kier alpha value is -3.00. The first kappa shape index (κ1) is 20.3. The van der Waals surface area contributed by atoms with E-state index in [2.05, 4.69) is 5.10 Å². The molecule has 0 fully saturated rings. The standard InChI is InChI=1S/C22H16ClFN2O3S/c23-17-6-1-2-7-19(17)26-18(8-9-25-26)16-11-22(21(28)12-20(16)27)30(29)13-14-4-3-5-15(24)10-14/h1-12,27-28H,13H2. The molecule has 1 heterocycles. The van der Waals surface area contributed by atoms with Crippen LogP contribution in [0, 0.1) is 5.82 Å². The molecule has 30 heavy (non-hydrogen) atoms. The number of phenolic OH excluding ortho intramolecular Hbond substituents is 2. The average molecular weight is 443 g/mol. The lowest BCUT2D eigenvalue weighted by molar-refractivity contribution is 0.440. The summed E-state index contributed by atoms with van der Waals surface area (Å²) in [6.07, 6.45) is 1.55. The van der Waals surface area contributed by atoms with Gasteiger partial charge in [-0.3, -0.25) is 0 Å². The highest BCUT2D eigenvalue weighted by Crippen LogP contribution is 2.39. The van der Waals surface area contributed by atoms with E-state index in [1.54, 1.807) is 41.2 Å². The van der Waals surface area contributed by atoms with Crippen molar-refractivity contribution in [3.8, 4) is 28.4 Å². The second kappa shape index (κ2) is 8.39. The second-order valence-electron chi connectivity index (χ2n) is 6.54. The van der Waals surface area contributed by atoms with Gasteiger partial charge in [0.25, 0.3) is 0 Å². The topological polar surface area (TPSA) is 81.3 Å². The van der Waals surface area contributed by atoms with Gasteiger partial charge in [-0.15, -0.1) is 0 Å². The second-order valence-corrected chi connectivity index (χ2v) is 8.36. The van der Waals surface area contributed by atoms with Gasteiger partial charge in [-0.1, -0.05) is 35.9 Å². The first-order valence-corrected chi connectivity index (χ1v) is 10.6. The molecule has 3 aromatic carbocycles. The molecular formula is C22H16ClFN2O3S. The largest absolute Gasteiger partial charge is 0.611 e. The Morgan fingerprint density at radius 2 is 1.80 bits per heavy atom. The molecule has 4 rings (SSSR count). The summed E-state index contributed by atoms with van der Waals surface area (Å²) in [5, 5.41) is 25.5. The first-order chi connectivity index (χ1) is 14.4. The molecular weight excluding hydrogens is 427 g/mol.